The first-order valence-electron chi connectivity index (χ1n) is 7.80. The normalized spacial score (nSPS) is 15.9. The highest BCUT2D eigenvalue weighted by Gasteiger charge is 2.33. The fourth-order valence-electron chi connectivity index (χ4n) is 2.79. The first-order chi connectivity index (χ1) is 12.3. The van der Waals surface area contributed by atoms with Gasteiger partial charge in [-0.1, -0.05) is 35.3 Å². The smallest absolute Gasteiger partial charge is 0.254 e. The summed E-state index contributed by atoms with van der Waals surface area (Å²) in [5, 5.41) is 0.103. The predicted octanol–water partition coefficient (Wildman–Crippen LogP) is 3.28. The Hall–Kier alpha value is -1.67. The van der Waals surface area contributed by atoms with Gasteiger partial charge in [0, 0.05) is 31.7 Å². The fourth-order valence-corrected chi connectivity index (χ4v) is 5.31. The van der Waals surface area contributed by atoms with Gasteiger partial charge >= 0.3 is 0 Å². The highest BCUT2D eigenvalue weighted by Crippen LogP contribution is 2.32. The zero-order valence-electron chi connectivity index (χ0n) is 13.5. The molecule has 3 rings (SSSR count). The van der Waals surface area contributed by atoms with Gasteiger partial charge in [-0.05, 0) is 30.3 Å². The third-order valence-electron chi connectivity index (χ3n) is 4.11. The molecule has 1 amide bonds. The first kappa shape index (κ1) is 19.1. The molecule has 0 spiro atoms. The van der Waals surface area contributed by atoms with Crippen molar-refractivity contribution < 1.29 is 17.6 Å². The summed E-state index contributed by atoms with van der Waals surface area (Å²) in [6.07, 6.45) is 0. The Morgan fingerprint density at radius 3 is 2.12 bits per heavy atom. The number of amides is 1. The van der Waals surface area contributed by atoms with Gasteiger partial charge < -0.3 is 4.90 Å². The molecule has 0 aliphatic carbocycles. The van der Waals surface area contributed by atoms with Crippen molar-refractivity contribution in [1.82, 2.24) is 9.21 Å². The maximum Gasteiger partial charge on any atom is 0.254 e. The van der Waals surface area contributed by atoms with Crippen molar-refractivity contribution in [3.63, 3.8) is 0 Å². The van der Waals surface area contributed by atoms with Crippen LogP contribution in [0.4, 0.5) is 4.39 Å². The number of carbonyl (C=O) groups is 1. The van der Waals surface area contributed by atoms with Gasteiger partial charge in [0.05, 0.1) is 10.0 Å². The highest BCUT2D eigenvalue weighted by molar-refractivity contribution is 7.89. The molecule has 1 fully saturated rings. The van der Waals surface area contributed by atoms with E-state index in [1.54, 1.807) is 6.07 Å². The van der Waals surface area contributed by atoms with Crippen molar-refractivity contribution in [1.29, 1.82) is 0 Å². The van der Waals surface area contributed by atoms with Gasteiger partial charge in [-0.15, -0.1) is 0 Å². The van der Waals surface area contributed by atoms with Crippen molar-refractivity contribution in [3.8, 4) is 0 Å². The molecule has 0 N–H and O–H groups in total. The van der Waals surface area contributed by atoms with E-state index in [0.29, 0.717) is 0 Å². The molecule has 0 bridgehead atoms. The molecule has 1 aliphatic rings. The Labute approximate surface area is 161 Å². The van der Waals surface area contributed by atoms with E-state index in [2.05, 4.69) is 0 Å². The van der Waals surface area contributed by atoms with Gasteiger partial charge in [0.1, 0.15) is 10.7 Å². The van der Waals surface area contributed by atoms with E-state index in [4.69, 9.17) is 23.2 Å². The third kappa shape index (κ3) is 3.71. The maximum absolute atomic E-state index is 13.3. The largest absolute Gasteiger partial charge is 0.336 e. The number of hydrogen-bond acceptors (Lipinski definition) is 3. The minimum absolute atomic E-state index is 0.0516. The average Bonchev–Trinajstić information content (AvgIpc) is 2.61. The molecular formula is C17H15Cl2FN2O3S. The SMILES string of the molecule is O=C(c1cccc(F)c1)N1CCN(S(=O)(=O)c2c(Cl)cccc2Cl)CC1. The van der Waals surface area contributed by atoms with E-state index in [1.807, 2.05) is 0 Å². The van der Waals surface area contributed by atoms with E-state index < -0.39 is 15.8 Å². The number of halogens is 3. The number of hydrogen-bond donors (Lipinski definition) is 0. The molecule has 2 aromatic rings. The van der Waals surface area contributed by atoms with Crippen LogP contribution in [0, 0.1) is 5.82 Å². The van der Waals surface area contributed by atoms with Crippen LogP contribution in [0.25, 0.3) is 0 Å². The van der Waals surface area contributed by atoms with Crippen LogP contribution in [0.1, 0.15) is 10.4 Å². The van der Waals surface area contributed by atoms with Crippen LogP contribution in [-0.2, 0) is 10.0 Å². The Morgan fingerprint density at radius 1 is 0.962 bits per heavy atom. The molecule has 1 aliphatic heterocycles. The zero-order chi connectivity index (χ0) is 18.9. The maximum atomic E-state index is 13.3. The fraction of sp³-hybridized carbons (Fsp3) is 0.235. The molecule has 138 valence electrons. The van der Waals surface area contributed by atoms with Crippen LogP contribution in [0.2, 0.25) is 10.0 Å². The second-order valence-corrected chi connectivity index (χ2v) is 8.45. The van der Waals surface area contributed by atoms with Crippen molar-refractivity contribution in [3.05, 3.63) is 63.9 Å². The first-order valence-corrected chi connectivity index (χ1v) is 9.99. The Bertz CT molecular complexity index is 925. The van der Waals surface area contributed by atoms with Crippen LogP contribution in [0.15, 0.2) is 47.4 Å². The van der Waals surface area contributed by atoms with Crippen LogP contribution in [-0.4, -0.2) is 49.7 Å². The van der Waals surface area contributed by atoms with Gasteiger partial charge in [-0.25, -0.2) is 12.8 Å². The summed E-state index contributed by atoms with van der Waals surface area (Å²) in [7, 11) is -3.87. The van der Waals surface area contributed by atoms with Gasteiger partial charge in [0.2, 0.25) is 10.0 Å². The molecular weight excluding hydrogens is 402 g/mol. The standard InChI is InChI=1S/C17H15Cl2FN2O3S/c18-14-5-2-6-15(19)16(14)26(24,25)22-9-7-21(8-10-22)17(23)12-3-1-4-13(20)11-12/h1-6,11H,7-10H2. The quantitative estimate of drug-likeness (QED) is 0.771. The van der Waals surface area contributed by atoms with E-state index >= 15 is 0 Å². The van der Waals surface area contributed by atoms with Gasteiger partial charge in [-0.2, -0.15) is 4.31 Å². The van der Waals surface area contributed by atoms with Crippen molar-refractivity contribution in [2.45, 2.75) is 4.90 Å². The monoisotopic (exact) mass is 416 g/mol. The summed E-state index contributed by atoms with van der Waals surface area (Å²) >= 11 is 12.0. The number of benzene rings is 2. The number of sulfonamides is 1. The van der Waals surface area contributed by atoms with Crippen molar-refractivity contribution >= 4 is 39.1 Å². The summed E-state index contributed by atoms with van der Waals surface area (Å²) < 4.78 is 40.2. The Balaban J connectivity index is 1.75. The molecule has 0 unspecified atom stereocenters. The van der Waals surface area contributed by atoms with Crippen LogP contribution in [0.5, 0.6) is 0 Å². The lowest BCUT2D eigenvalue weighted by Crippen LogP contribution is -2.50. The second kappa shape index (κ2) is 7.52. The van der Waals surface area contributed by atoms with Crippen LogP contribution in [0.3, 0.4) is 0 Å². The molecule has 2 aromatic carbocycles. The van der Waals surface area contributed by atoms with E-state index in [-0.39, 0.29) is 52.6 Å². The zero-order valence-corrected chi connectivity index (χ0v) is 15.9. The predicted molar refractivity (Wildman–Crippen MR) is 97.5 cm³/mol. The average molecular weight is 417 g/mol. The lowest BCUT2D eigenvalue weighted by Gasteiger charge is -2.34. The van der Waals surface area contributed by atoms with Gasteiger partial charge in [-0.3, -0.25) is 4.79 Å². The van der Waals surface area contributed by atoms with Gasteiger partial charge in [0.25, 0.3) is 5.91 Å². The van der Waals surface area contributed by atoms with Crippen LogP contribution < -0.4 is 0 Å². The Kier molecular flexibility index (Phi) is 5.53. The summed E-state index contributed by atoms with van der Waals surface area (Å²) in [5.74, 6) is -0.831. The number of nitrogens with zero attached hydrogens (tertiary/aromatic N) is 2. The lowest BCUT2D eigenvalue weighted by atomic mass is 10.2. The molecule has 1 saturated heterocycles. The number of rotatable bonds is 3. The molecule has 0 atom stereocenters. The third-order valence-corrected chi connectivity index (χ3v) is 6.97. The second-order valence-electron chi connectivity index (χ2n) is 5.76. The van der Waals surface area contributed by atoms with Crippen molar-refractivity contribution in [2.75, 3.05) is 26.2 Å². The topological polar surface area (TPSA) is 57.7 Å². The summed E-state index contributed by atoms with van der Waals surface area (Å²) in [6, 6.07) is 9.90. The van der Waals surface area contributed by atoms with Crippen LogP contribution >= 0.6 is 23.2 Å². The molecule has 1 heterocycles. The van der Waals surface area contributed by atoms with Crippen molar-refractivity contribution in [2.24, 2.45) is 0 Å². The highest BCUT2D eigenvalue weighted by atomic mass is 35.5. The molecule has 0 radical (unpaired) electrons. The van der Waals surface area contributed by atoms with E-state index in [1.165, 1.54) is 39.5 Å². The number of piperazine rings is 1. The van der Waals surface area contributed by atoms with E-state index in [9.17, 15) is 17.6 Å². The summed E-state index contributed by atoms with van der Waals surface area (Å²) in [4.78, 5) is 13.8. The number of carbonyl (C=O) groups excluding carboxylic acids is 1. The molecule has 26 heavy (non-hydrogen) atoms. The Morgan fingerprint density at radius 2 is 1.54 bits per heavy atom. The minimum atomic E-state index is -3.87. The van der Waals surface area contributed by atoms with Gasteiger partial charge in [0.15, 0.2) is 0 Å². The molecule has 5 nitrogen and oxygen atoms in total. The van der Waals surface area contributed by atoms with E-state index in [0.717, 1.165) is 6.07 Å². The summed E-state index contributed by atoms with van der Waals surface area (Å²) in [5.41, 5.74) is 0.232. The molecule has 9 heteroatoms. The molecule has 0 aromatic heterocycles. The lowest BCUT2D eigenvalue weighted by molar-refractivity contribution is 0.0697. The summed E-state index contributed by atoms with van der Waals surface area (Å²) in [6.45, 7) is 0.586. The minimum Gasteiger partial charge on any atom is -0.336 e. The molecule has 0 saturated carbocycles.